The van der Waals surface area contributed by atoms with Gasteiger partial charge in [-0.2, -0.15) is 11.8 Å². The molecule has 0 aliphatic carbocycles. The van der Waals surface area contributed by atoms with E-state index in [4.69, 9.17) is 4.74 Å². The van der Waals surface area contributed by atoms with E-state index in [0.29, 0.717) is 5.25 Å². The lowest BCUT2D eigenvalue weighted by Crippen LogP contribution is -2.41. The average molecular weight is 315 g/mol. The molecule has 2 nitrogen and oxygen atoms in total. The van der Waals surface area contributed by atoms with Crippen molar-refractivity contribution in [2.45, 2.75) is 36.7 Å². The molecule has 2 aliphatic rings. The minimum absolute atomic E-state index is 0.155. The van der Waals surface area contributed by atoms with E-state index in [1.54, 1.807) is 0 Å². The van der Waals surface area contributed by atoms with Crippen molar-refractivity contribution >= 4 is 27.7 Å². The fraction of sp³-hybridized carbons (Fsp3) is 0.538. The molecule has 1 saturated heterocycles. The predicted molar refractivity (Wildman–Crippen MR) is 73.6 cm³/mol. The summed E-state index contributed by atoms with van der Waals surface area (Å²) in [5, 5.41) is 10.9. The number of rotatable bonds is 0. The highest BCUT2D eigenvalue weighted by Gasteiger charge is 2.45. The van der Waals surface area contributed by atoms with Crippen molar-refractivity contribution in [3.8, 4) is 5.75 Å². The van der Waals surface area contributed by atoms with Crippen LogP contribution in [0.3, 0.4) is 0 Å². The molecule has 1 fully saturated rings. The third kappa shape index (κ3) is 2.11. The zero-order valence-corrected chi connectivity index (χ0v) is 12.1. The zero-order valence-electron chi connectivity index (χ0n) is 9.65. The Kier molecular flexibility index (Phi) is 2.92. The molecule has 0 saturated carbocycles. The van der Waals surface area contributed by atoms with E-state index in [1.165, 1.54) is 0 Å². The van der Waals surface area contributed by atoms with Gasteiger partial charge in [-0.05, 0) is 18.6 Å². The molecule has 1 N–H and O–H groups in total. The van der Waals surface area contributed by atoms with Gasteiger partial charge in [0.2, 0.25) is 0 Å². The second kappa shape index (κ2) is 4.18. The van der Waals surface area contributed by atoms with Gasteiger partial charge in [-0.1, -0.05) is 28.9 Å². The molecule has 17 heavy (non-hydrogen) atoms. The standard InChI is InChI=1S/C13H15BrO2S/c1-8-5-13(7-17-8)6-11(15)10-3-2-9(14)4-12(10)16-13/h2-4,8,11,15H,5-7H2,1H3/t8?,11-,13?/m0/s1. The molecule has 3 atom stereocenters. The number of aliphatic hydroxyl groups is 1. The first kappa shape index (κ1) is 11.9. The van der Waals surface area contributed by atoms with Crippen molar-refractivity contribution in [1.29, 1.82) is 0 Å². The van der Waals surface area contributed by atoms with Crippen LogP contribution < -0.4 is 4.74 Å². The van der Waals surface area contributed by atoms with Gasteiger partial charge in [-0.15, -0.1) is 0 Å². The highest BCUT2D eigenvalue weighted by atomic mass is 79.9. The fourth-order valence-electron chi connectivity index (χ4n) is 2.76. The molecule has 2 aliphatic heterocycles. The number of hydrogen-bond acceptors (Lipinski definition) is 3. The van der Waals surface area contributed by atoms with Gasteiger partial charge in [0, 0.05) is 27.5 Å². The molecular weight excluding hydrogens is 300 g/mol. The van der Waals surface area contributed by atoms with Crippen LogP contribution in [-0.4, -0.2) is 21.7 Å². The van der Waals surface area contributed by atoms with Crippen molar-refractivity contribution in [3.05, 3.63) is 28.2 Å². The number of fused-ring (bicyclic) bond motifs is 1. The van der Waals surface area contributed by atoms with Crippen molar-refractivity contribution in [3.63, 3.8) is 0 Å². The van der Waals surface area contributed by atoms with Crippen molar-refractivity contribution in [2.75, 3.05) is 5.75 Å². The van der Waals surface area contributed by atoms with E-state index in [-0.39, 0.29) is 5.60 Å². The molecule has 3 rings (SSSR count). The van der Waals surface area contributed by atoms with Crippen LogP contribution in [0.1, 0.15) is 31.4 Å². The highest BCUT2D eigenvalue weighted by Crippen LogP contribution is 2.48. The van der Waals surface area contributed by atoms with Crippen LogP contribution in [0.2, 0.25) is 0 Å². The van der Waals surface area contributed by atoms with E-state index < -0.39 is 6.10 Å². The number of thioether (sulfide) groups is 1. The highest BCUT2D eigenvalue weighted by molar-refractivity contribution is 9.10. The molecule has 92 valence electrons. The van der Waals surface area contributed by atoms with Gasteiger partial charge in [-0.25, -0.2) is 0 Å². The summed E-state index contributed by atoms with van der Waals surface area (Å²) in [4.78, 5) is 0. The van der Waals surface area contributed by atoms with Crippen molar-refractivity contribution < 1.29 is 9.84 Å². The number of benzene rings is 1. The van der Waals surface area contributed by atoms with Crippen LogP contribution in [0.15, 0.2) is 22.7 Å². The zero-order chi connectivity index (χ0) is 12.0. The maximum atomic E-state index is 10.3. The minimum Gasteiger partial charge on any atom is -0.486 e. The number of ether oxygens (including phenoxy) is 1. The van der Waals surface area contributed by atoms with Crippen LogP contribution in [0.4, 0.5) is 0 Å². The summed E-state index contributed by atoms with van der Waals surface area (Å²) in [5.41, 5.74) is 0.764. The quantitative estimate of drug-likeness (QED) is 0.794. The lowest BCUT2D eigenvalue weighted by molar-refractivity contribution is 0.00146. The fourth-order valence-corrected chi connectivity index (χ4v) is 4.40. The Labute approximate surface area is 114 Å². The van der Waals surface area contributed by atoms with Crippen molar-refractivity contribution in [2.24, 2.45) is 0 Å². The minimum atomic E-state index is -0.391. The molecule has 2 unspecified atom stereocenters. The molecular formula is C13H15BrO2S. The van der Waals surface area contributed by atoms with E-state index >= 15 is 0 Å². The number of aliphatic hydroxyl groups excluding tert-OH is 1. The van der Waals surface area contributed by atoms with Crippen molar-refractivity contribution in [1.82, 2.24) is 0 Å². The van der Waals surface area contributed by atoms with Crippen LogP contribution in [0, 0.1) is 0 Å². The van der Waals surface area contributed by atoms with E-state index in [9.17, 15) is 5.11 Å². The third-order valence-electron chi connectivity index (χ3n) is 3.52. The lowest BCUT2D eigenvalue weighted by atomic mass is 9.87. The molecule has 1 spiro atoms. The average Bonchev–Trinajstić information content (AvgIpc) is 2.58. The monoisotopic (exact) mass is 314 g/mol. The Hall–Kier alpha value is -0.190. The molecule has 2 heterocycles. The summed E-state index contributed by atoms with van der Waals surface area (Å²) in [6.07, 6.45) is 1.36. The van der Waals surface area contributed by atoms with Crippen LogP contribution in [0.5, 0.6) is 5.75 Å². The van der Waals surface area contributed by atoms with Crippen LogP contribution >= 0.6 is 27.7 Å². The Balaban J connectivity index is 1.97. The summed E-state index contributed by atoms with van der Waals surface area (Å²) in [5.74, 6) is 1.82. The lowest BCUT2D eigenvalue weighted by Gasteiger charge is -2.37. The first-order chi connectivity index (χ1) is 8.08. The Morgan fingerprint density at radius 3 is 3.00 bits per heavy atom. The van der Waals surface area contributed by atoms with Crippen LogP contribution in [0.25, 0.3) is 0 Å². The molecule has 1 aromatic rings. The van der Waals surface area contributed by atoms with Gasteiger partial charge in [-0.3, -0.25) is 0 Å². The predicted octanol–water partition coefficient (Wildman–Crippen LogP) is 3.53. The normalized spacial score (nSPS) is 35.7. The summed E-state index contributed by atoms with van der Waals surface area (Å²) >= 11 is 5.39. The summed E-state index contributed by atoms with van der Waals surface area (Å²) in [6.45, 7) is 2.23. The molecule has 0 radical (unpaired) electrons. The van der Waals surface area contributed by atoms with Gasteiger partial charge in [0.15, 0.2) is 0 Å². The van der Waals surface area contributed by atoms with E-state index in [2.05, 4.69) is 22.9 Å². The van der Waals surface area contributed by atoms with Gasteiger partial charge in [0.25, 0.3) is 0 Å². The molecule has 0 amide bonds. The Bertz CT molecular complexity index is 451. The van der Waals surface area contributed by atoms with E-state index in [1.807, 2.05) is 30.0 Å². The SMILES string of the molecule is CC1CC2(CS1)C[C@H](O)c1ccc(Br)cc1O2. The maximum Gasteiger partial charge on any atom is 0.127 e. The smallest absolute Gasteiger partial charge is 0.127 e. The molecule has 4 heteroatoms. The largest absolute Gasteiger partial charge is 0.486 e. The summed E-state index contributed by atoms with van der Waals surface area (Å²) in [6, 6.07) is 5.87. The molecule has 0 aromatic heterocycles. The topological polar surface area (TPSA) is 29.5 Å². The maximum absolute atomic E-state index is 10.3. The number of halogens is 1. The van der Waals surface area contributed by atoms with Gasteiger partial charge in [0.05, 0.1) is 6.10 Å². The third-order valence-corrected chi connectivity index (χ3v) is 5.44. The summed E-state index contributed by atoms with van der Waals surface area (Å²) < 4.78 is 7.19. The molecule has 0 bridgehead atoms. The first-order valence-corrected chi connectivity index (χ1v) is 7.70. The van der Waals surface area contributed by atoms with Gasteiger partial charge in [0.1, 0.15) is 11.4 Å². The Morgan fingerprint density at radius 2 is 2.29 bits per heavy atom. The second-order valence-corrected chi connectivity index (χ2v) is 7.36. The second-order valence-electron chi connectivity index (χ2n) is 5.01. The summed E-state index contributed by atoms with van der Waals surface area (Å²) in [7, 11) is 0. The van der Waals surface area contributed by atoms with E-state index in [0.717, 1.165) is 34.4 Å². The van der Waals surface area contributed by atoms with Crippen LogP contribution in [-0.2, 0) is 0 Å². The Morgan fingerprint density at radius 1 is 1.47 bits per heavy atom. The first-order valence-electron chi connectivity index (χ1n) is 5.86. The van der Waals surface area contributed by atoms with Gasteiger partial charge >= 0.3 is 0 Å². The van der Waals surface area contributed by atoms with Gasteiger partial charge < -0.3 is 9.84 Å². The molecule has 1 aromatic carbocycles. The number of hydrogen-bond donors (Lipinski definition) is 1.